The average Bonchev–Trinajstić information content (AvgIpc) is 2.86. The fourth-order valence-corrected chi connectivity index (χ4v) is 2.10. The molecule has 0 aliphatic heterocycles. The molecule has 0 radical (unpaired) electrons. The summed E-state index contributed by atoms with van der Waals surface area (Å²) in [6.07, 6.45) is 0. The smallest absolute Gasteiger partial charge is 0.203 e. The Morgan fingerprint density at radius 3 is 2.05 bits per heavy atom. The van der Waals surface area contributed by atoms with Crippen molar-refractivity contribution in [3.05, 3.63) is 23.9 Å². The van der Waals surface area contributed by atoms with Crippen molar-refractivity contribution in [2.24, 2.45) is 7.05 Å². The molecule has 0 atom stereocenters. The van der Waals surface area contributed by atoms with Gasteiger partial charge in [0, 0.05) is 12.6 Å². The fourth-order valence-electron chi connectivity index (χ4n) is 2.10. The molecule has 0 saturated carbocycles. The van der Waals surface area contributed by atoms with E-state index in [0.717, 1.165) is 11.3 Å². The van der Waals surface area contributed by atoms with Crippen LogP contribution in [-0.4, -0.2) is 36.2 Å². The van der Waals surface area contributed by atoms with E-state index in [4.69, 9.17) is 19.3 Å². The number of aryl methyl sites for hydroxylation is 1. The minimum absolute atomic E-state index is 0.0989. The first kappa shape index (κ1) is 14.2. The van der Waals surface area contributed by atoms with E-state index in [0.29, 0.717) is 22.9 Å². The highest BCUT2D eigenvalue weighted by molar-refractivity contribution is 5.69. The van der Waals surface area contributed by atoms with Gasteiger partial charge in [-0.2, -0.15) is 5.10 Å². The van der Waals surface area contributed by atoms with E-state index in [1.807, 2.05) is 25.2 Å². The van der Waals surface area contributed by atoms with Crippen molar-refractivity contribution in [3.63, 3.8) is 0 Å². The molecule has 0 aliphatic rings. The Bertz CT molecular complexity index is 582. The number of ether oxygens (including phenoxy) is 3. The molecule has 108 valence electrons. The lowest BCUT2D eigenvalue weighted by molar-refractivity contribution is 0.275. The summed E-state index contributed by atoms with van der Waals surface area (Å²) in [6, 6.07) is 5.51. The molecule has 0 bridgehead atoms. The normalized spacial score (nSPS) is 10.4. The highest BCUT2D eigenvalue weighted by atomic mass is 16.5. The molecule has 1 aromatic heterocycles. The zero-order chi connectivity index (χ0) is 14.7. The molecule has 6 nitrogen and oxygen atoms in total. The number of aromatic nitrogens is 2. The number of hydrogen-bond donors (Lipinski definition) is 1. The summed E-state index contributed by atoms with van der Waals surface area (Å²) < 4.78 is 17.7. The number of methoxy groups -OCH3 is 3. The topological polar surface area (TPSA) is 65.7 Å². The quantitative estimate of drug-likeness (QED) is 0.900. The molecule has 0 amide bonds. The molecule has 0 unspecified atom stereocenters. The Balaban J connectivity index is 2.59. The highest BCUT2D eigenvalue weighted by Crippen LogP contribution is 2.41. The lowest BCUT2D eigenvalue weighted by Crippen LogP contribution is -1.98. The molecule has 2 aromatic rings. The summed E-state index contributed by atoms with van der Waals surface area (Å²) >= 11 is 0. The van der Waals surface area contributed by atoms with Gasteiger partial charge in [0.2, 0.25) is 5.75 Å². The molecule has 0 saturated heterocycles. The molecule has 20 heavy (non-hydrogen) atoms. The predicted molar refractivity (Wildman–Crippen MR) is 74.2 cm³/mol. The monoisotopic (exact) mass is 278 g/mol. The van der Waals surface area contributed by atoms with Gasteiger partial charge in [0.15, 0.2) is 11.5 Å². The maximum absolute atomic E-state index is 9.16. The van der Waals surface area contributed by atoms with Gasteiger partial charge in [0.05, 0.1) is 39.3 Å². The third-order valence-electron chi connectivity index (χ3n) is 3.05. The first-order chi connectivity index (χ1) is 9.64. The molecule has 1 heterocycles. The van der Waals surface area contributed by atoms with Gasteiger partial charge in [0.25, 0.3) is 0 Å². The second-order valence-electron chi connectivity index (χ2n) is 4.22. The van der Waals surface area contributed by atoms with Gasteiger partial charge < -0.3 is 19.3 Å². The first-order valence-electron chi connectivity index (χ1n) is 6.08. The van der Waals surface area contributed by atoms with E-state index >= 15 is 0 Å². The number of benzene rings is 1. The predicted octanol–water partition coefficient (Wildman–Crippen LogP) is 1.61. The van der Waals surface area contributed by atoms with Crippen LogP contribution in [-0.2, 0) is 13.7 Å². The highest BCUT2D eigenvalue weighted by Gasteiger charge is 2.16. The number of aliphatic hydroxyl groups excluding tert-OH is 1. The van der Waals surface area contributed by atoms with Crippen LogP contribution in [0.3, 0.4) is 0 Å². The summed E-state index contributed by atoms with van der Waals surface area (Å²) in [5.74, 6) is 1.70. The third kappa shape index (κ3) is 2.42. The molecular formula is C14H18N2O4. The third-order valence-corrected chi connectivity index (χ3v) is 3.05. The maximum Gasteiger partial charge on any atom is 0.203 e. The Morgan fingerprint density at radius 2 is 1.65 bits per heavy atom. The fraction of sp³-hybridized carbons (Fsp3) is 0.357. The summed E-state index contributed by atoms with van der Waals surface area (Å²) in [6.45, 7) is -0.0989. The van der Waals surface area contributed by atoms with Crippen molar-refractivity contribution in [2.45, 2.75) is 6.61 Å². The number of hydrogen-bond acceptors (Lipinski definition) is 5. The van der Waals surface area contributed by atoms with Crippen LogP contribution in [0, 0.1) is 0 Å². The summed E-state index contributed by atoms with van der Waals surface area (Å²) in [5.41, 5.74) is 2.33. The number of nitrogens with zero attached hydrogens (tertiary/aromatic N) is 2. The van der Waals surface area contributed by atoms with Crippen LogP contribution < -0.4 is 14.2 Å². The number of rotatable bonds is 5. The van der Waals surface area contributed by atoms with Gasteiger partial charge in [0.1, 0.15) is 0 Å². The lowest BCUT2D eigenvalue weighted by Gasteiger charge is -2.14. The van der Waals surface area contributed by atoms with Crippen molar-refractivity contribution in [1.82, 2.24) is 9.78 Å². The molecule has 1 N–H and O–H groups in total. The van der Waals surface area contributed by atoms with E-state index in [1.165, 1.54) is 0 Å². The molecule has 0 spiro atoms. The van der Waals surface area contributed by atoms with Crippen LogP contribution in [0.2, 0.25) is 0 Å². The molecule has 6 heteroatoms. The number of aliphatic hydroxyl groups is 1. The van der Waals surface area contributed by atoms with Gasteiger partial charge in [-0.05, 0) is 18.2 Å². The summed E-state index contributed by atoms with van der Waals surface area (Å²) in [4.78, 5) is 0. The zero-order valence-electron chi connectivity index (χ0n) is 12.0. The molecule has 2 rings (SSSR count). The second kappa shape index (κ2) is 5.83. The van der Waals surface area contributed by atoms with Crippen LogP contribution in [0.4, 0.5) is 0 Å². The summed E-state index contributed by atoms with van der Waals surface area (Å²) in [5, 5.41) is 13.4. The largest absolute Gasteiger partial charge is 0.493 e. The van der Waals surface area contributed by atoms with Crippen LogP contribution in [0.5, 0.6) is 17.2 Å². The molecule has 0 fully saturated rings. The van der Waals surface area contributed by atoms with Gasteiger partial charge in [-0.3, -0.25) is 4.68 Å². The van der Waals surface area contributed by atoms with Gasteiger partial charge in [-0.15, -0.1) is 0 Å². The summed E-state index contributed by atoms with van der Waals surface area (Å²) in [7, 11) is 6.53. The molecule has 1 aromatic carbocycles. The SMILES string of the molecule is COc1cc(-c2cc(CO)nn2C)cc(OC)c1OC. The standard InChI is InChI=1S/C14H18N2O4/c1-16-11(7-10(8-17)15-16)9-5-12(18-2)14(20-4)13(6-9)19-3/h5-7,17H,8H2,1-4H3. The van der Waals surface area contributed by atoms with Crippen LogP contribution in [0.1, 0.15) is 5.69 Å². The lowest BCUT2D eigenvalue weighted by atomic mass is 10.1. The molecular weight excluding hydrogens is 260 g/mol. The Morgan fingerprint density at radius 1 is 1.05 bits per heavy atom. The molecule has 0 aliphatic carbocycles. The van der Waals surface area contributed by atoms with E-state index < -0.39 is 0 Å². The van der Waals surface area contributed by atoms with Crippen molar-refractivity contribution in [1.29, 1.82) is 0 Å². The Hall–Kier alpha value is -2.21. The van der Waals surface area contributed by atoms with E-state index in [2.05, 4.69) is 5.10 Å². The van der Waals surface area contributed by atoms with Crippen LogP contribution in [0.25, 0.3) is 11.3 Å². The minimum Gasteiger partial charge on any atom is -0.493 e. The van der Waals surface area contributed by atoms with E-state index in [9.17, 15) is 0 Å². The van der Waals surface area contributed by atoms with Gasteiger partial charge >= 0.3 is 0 Å². The van der Waals surface area contributed by atoms with E-state index in [-0.39, 0.29) is 6.61 Å². The van der Waals surface area contributed by atoms with Crippen molar-refractivity contribution >= 4 is 0 Å². The van der Waals surface area contributed by atoms with Crippen molar-refractivity contribution in [3.8, 4) is 28.5 Å². The Labute approximate surface area is 117 Å². The minimum atomic E-state index is -0.0989. The Kier molecular flexibility index (Phi) is 4.14. The van der Waals surface area contributed by atoms with Gasteiger partial charge in [-0.25, -0.2) is 0 Å². The second-order valence-corrected chi connectivity index (χ2v) is 4.22. The van der Waals surface area contributed by atoms with Crippen molar-refractivity contribution in [2.75, 3.05) is 21.3 Å². The van der Waals surface area contributed by atoms with Gasteiger partial charge in [-0.1, -0.05) is 0 Å². The van der Waals surface area contributed by atoms with Crippen molar-refractivity contribution < 1.29 is 19.3 Å². The van der Waals surface area contributed by atoms with Crippen LogP contribution >= 0.6 is 0 Å². The average molecular weight is 278 g/mol. The zero-order valence-corrected chi connectivity index (χ0v) is 12.0. The first-order valence-corrected chi connectivity index (χ1v) is 6.08. The maximum atomic E-state index is 9.16. The van der Waals surface area contributed by atoms with E-state index in [1.54, 1.807) is 26.0 Å². The van der Waals surface area contributed by atoms with Crippen LogP contribution in [0.15, 0.2) is 18.2 Å².